The van der Waals surface area contributed by atoms with E-state index in [1.807, 2.05) is 0 Å². The van der Waals surface area contributed by atoms with Crippen LogP contribution in [0.25, 0.3) is 0 Å². The van der Waals surface area contributed by atoms with Gasteiger partial charge in [-0.05, 0) is 23.8 Å². The molecule has 1 aromatic carbocycles. The van der Waals surface area contributed by atoms with E-state index in [1.54, 1.807) is 36.3 Å². The lowest BCUT2D eigenvalue weighted by Gasteiger charge is -2.09. The summed E-state index contributed by atoms with van der Waals surface area (Å²) >= 11 is 5.95. The standard InChI is InChI=1S/C14H16ClN3O3S/c1-2-22(20,21)13-6-11(5-12(15)7-13)8-17-14(19)9-18-4-3-16-10-18/h3-7,10H,2,8-9H2,1H3,(H,17,19). The number of rotatable bonds is 6. The van der Waals surface area contributed by atoms with Crippen LogP contribution < -0.4 is 5.32 Å². The highest BCUT2D eigenvalue weighted by Crippen LogP contribution is 2.20. The lowest BCUT2D eigenvalue weighted by molar-refractivity contribution is -0.121. The summed E-state index contributed by atoms with van der Waals surface area (Å²) in [5.74, 6) is -0.197. The molecule has 0 saturated carbocycles. The Morgan fingerprint density at radius 2 is 2.14 bits per heavy atom. The van der Waals surface area contributed by atoms with Crippen molar-refractivity contribution in [3.8, 4) is 0 Å². The van der Waals surface area contributed by atoms with Crippen molar-refractivity contribution in [2.45, 2.75) is 24.9 Å². The average Bonchev–Trinajstić information content (AvgIpc) is 2.97. The number of hydrogen-bond donors (Lipinski definition) is 1. The van der Waals surface area contributed by atoms with Crippen LogP contribution in [0, 0.1) is 0 Å². The molecule has 0 aliphatic carbocycles. The van der Waals surface area contributed by atoms with E-state index in [1.165, 1.54) is 12.1 Å². The monoisotopic (exact) mass is 341 g/mol. The molecule has 0 aliphatic rings. The maximum absolute atomic E-state index is 11.9. The number of nitrogens with zero attached hydrogens (tertiary/aromatic N) is 2. The van der Waals surface area contributed by atoms with Crippen LogP contribution in [-0.4, -0.2) is 29.6 Å². The first-order chi connectivity index (χ1) is 10.4. The van der Waals surface area contributed by atoms with Crippen LogP contribution in [0.2, 0.25) is 5.02 Å². The topological polar surface area (TPSA) is 81.1 Å². The van der Waals surface area contributed by atoms with Crippen molar-refractivity contribution >= 4 is 27.3 Å². The molecule has 0 aliphatic heterocycles. The molecule has 22 heavy (non-hydrogen) atoms. The molecule has 1 heterocycles. The van der Waals surface area contributed by atoms with Gasteiger partial charge in [0.1, 0.15) is 6.54 Å². The number of carbonyl (C=O) groups is 1. The summed E-state index contributed by atoms with van der Waals surface area (Å²) in [6.45, 7) is 1.93. The van der Waals surface area contributed by atoms with E-state index in [0.29, 0.717) is 10.6 Å². The molecule has 2 aromatic rings. The normalized spacial score (nSPS) is 11.4. The molecule has 1 aromatic heterocycles. The Labute approximate surface area is 134 Å². The van der Waals surface area contributed by atoms with Crippen LogP contribution in [0.15, 0.2) is 41.8 Å². The number of carbonyl (C=O) groups excluding carboxylic acids is 1. The van der Waals surface area contributed by atoms with Gasteiger partial charge in [0, 0.05) is 24.0 Å². The molecule has 1 N–H and O–H groups in total. The Balaban J connectivity index is 2.05. The quantitative estimate of drug-likeness (QED) is 0.866. The average molecular weight is 342 g/mol. The van der Waals surface area contributed by atoms with Gasteiger partial charge < -0.3 is 9.88 Å². The fourth-order valence-electron chi connectivity index (χ4n) is 1.87. The highest BCUT2D eigenvalue weighted by atomic mass is 35.5. The summed E-state index contributed by atoms with van der Waals surface area (Å²) in [4.78, 5) is 15.8. The number of amides is 1. The molecule has 2 rings (SSSR count). The zero-order valence-corrected chi connectivity index (χ0v) is 13.6. The Bertz CT molecular complexity index is 758. The molecule has 0 saturated heterocycles. The largest absolute Gasteiger partial charge is 0.350 e. The SMILES string of the molecule is CCS(=O)(=O)c1cc(Cl)cc(CNC(=O)Cn2ccnc2)c1. The number of hydrogen-bond acceptors (Lipinski definition) is 4. The lowest BCUT2D eigenvalue weighted by Crippen LogP contribution is -2.26. The predicted molar refractivity (Wildman–Crippen MR) is 83.3 cm³/mol. The highest BCUT2D eigenvalue weighted by molar-refractivity contribution is 7.91. The van der Waals surface area contributed by atoms with Gasteiger partial charge in [-0.3, -0.25) is 4.79 Å². The van der Waals surface area contributed by atoms with E-state index < -0.39 is 9.84 Å². The van der Waals surface area contributed by atoms with Crippen molar-refractivity contribution in [2.75, 3.05) is 5.75 Å². The summed E-state index contributed by atoms with van der Waals surface area (Å²) < 4.78 is 25.4. The van der Waals surface area contributed by atoms with Crippen molar-refractivity contribution in [3.05, 3.63) is 47.5 Å². The third-order valence-corrected chi connectivity index (χ3v) is 4.98. The Morgan fingerprint density at radius 3 is 2.77 bits per heavy atom. The first-order valence-electron chi connectivity index (χ1n) is 6.65. The van der Waals surface area contributed by atoms with E-state index in [0.717, 1.165) is 0 Å². The van der Waals surface area contributed by atoms with Gasteiger partial charge in [0.15, 0.2) is 9.84 Å². The van der Waals surface area contributed by atoms with Gasteiger partial charge in [0.2, 0.25) is 5.91 Å². The minimum Gasteiger partial charge on any atom is -0.350 e. The zero-order chi connectivity index (χ0) is 16.2. The highest BCUT2D eigenvalue weighted by Gasteiger charge is 2.13. The van der Waals surface area contributed by atoms with Crippen LogP contribution in [0.1, 0.15) is 12.5 Å². The number of aromatic nitrogens is 2. The summed E-state index contributed by atoms with van der Waals surface area (Å²) in [5, 5.41) is 3.05. The second-order valence-electron chi connectivity index (χ2n) is 4.71. The predicted octanol–water partition coefficient (Wildman–Crippen LogP) is 1.65. The Morgan fingerprint density at radius 1 is 1.36 bits per heavy atom. The van der Waals surface area contributed by atoms with Crippen LogP contribution in [0.4, 0.5) is 0 Å². The third-order valence-electron chi connectivity index (χ3n) is 3.05. The summed E-state index contributed by atoms with van der Waals surface area (Å²) in [5.41, 5.74) is 0.638. The molecule has 0 unspecified atom stereocenters. The van der Waals surface area contributed by atoms with Gasteiger partial charge >= 0.3 is 0 Å². The van der Waals surface area contributed by atoms with E-state index in [-0.39, 0.29) is 29.6 Å². The van der Waals surface area contributed by atoms with Crippen LogP contribution >= 0.6 is 11.6 Å². The summed E-state index contributed by atoms with van der Waals surface area (Å²) in [6, 6.07) is 4.58. The second-order valence-corrected chi connectivity index (χ2v) is 7.43. The zero-order valence-electron chi connectivity index (χ0n) is 12.0. The van der Waals surface area contributed by atoms with Crippen LogP contribution in [0.3, 0.4) is 0 Å². The van der Waals surface area contributed by atoms with Crippen LogP contribution in [0.5, 0.6) is 0 Å². The molecule has 0 bridgehead atoms. The van der Waals surface area contributed by atoms with Gasteiger partial charge in [-0.15, -0.1) is 0 Å². The molecule has 0 fully saturated rings. The number of sulfone groups is 1. The summed E-state index contributed by atoms with van der Waals surface area (Å²) in [7, 11) is -3.33. The number of benzene rings is 1. The fraction of sp³-hybridized carbons (Fsp3) is 0.286. The molecule has 0 atom stereocenters. The molecule has 118 valence electrons. The Kier molecular flexibility index (Phi) is 5.20. The van der Waals surface area contributed by atoms with Crippen molar-refractivity contribution in [2.24, 2.45) is 0 Å². The molecule has 0 spiro atoms. The minimum absolute atomic E-state index is 0.000227. The van der Waals surface area contributed by atoms with Crippen molar-refractivity contribution < 1.29 is 13.2 Å². The van der Waals surface area contributed by atoms with Crippen LogP contribution in [-0.2, 0) is 27.7 Å². The third kappa shape index (κ3) is 4.32. The fourth-order valence-corrected chi connectivity index (χ4v) is 3.16. The number of nitrogens with one attached hydrogen (secondary N) is 1. The van der Waals surface area contributed by atoms with Gasteiger partial charge in [-0.2, -0.15) is 0 Å². The van der Waals surface area contributed by atoms with Gasteiger partial charge in [0.05, 0.1) is 17.0 Å². The van der Waals surface area contributed by atoms with E-state index in [9.17, 15) is 13.2 Å². The number of imidazole rings is 1. The molecular formula is C14H16ClN3O3S. The molecule has 8 heteroatoms. The molecule has 0 radical (unpaired) electrons. The number of halogens is 1. The minimum atomic E-state index is -3.33. The van der Waals surface area contributed by atoms with Crippen molar-refractivity contribution in [1.29, 1.82) is 0 Å². The van der Waals surface area contributed by atoms with Gasteiger partial charge in [-0.25, -0.2) is 13.4 Å². The Hall–Kier alpha value is -1.86. The maximum atomic E-state index is 11.9. The van der Waals surface area contributed by atoms with E-state index in [2.05, 4.69) is 10.3 Å². The lowest BCUT2D eigenvalue weighted by atomic mass is 10.2. The summed E-state index contributed by atoms with van der Waals surface area (Å²) in [6.07, 6.45) is 4.82. The van der Waals surface area contributed by atoms with Crippen molar-refractivity contribution in [3.63, 3.8) is 0 Å². The van der Waals surface area contributed by atoms with E-state index in [4.69, 9.17) is 11.6 Å². The maximum Gasteiger partial charge on any atom is 0.240 e. The molecule has 1 amide bonds. The second kappa shape index (κ2) is 6.93. The molecular weight excluding hydrogens is 326 g/mol. The first kappa shape index (κ1) is 16.5. The smallest absolute Gasteiger partial charge is 0.240 e. The van der Waals surface area contributed by atoms with Gasteiger partial charge in [0.25, 0.3) is 0 Å². The van der Waals surface area contributed by atoms with E-state index >= 15 is 0 Å². The molecule has 6 nitrogen and oxygen atoms in total. The van der Waals surface area contributed by atoms with Crippen molar-refractivity contribution in [1.82, 2.24) is 14.9 Å². The van der Waals surface area contributed by atoms with Gasteiger partial charge in [-0.1, -0.05) is 18.5 Å². The first-order valence-corrected chi connectivity index (χ1v) is 8.68.